The van der Waals surface area contributed by atoms with Crippen molar-refractivity contribution < 1.29 is 32.2 Å². The summed E-state index contributed by atoms with van der Waals surface area (Å²) in [6, 6.07) is 11.2. The molecule has 0 aliphatic carbocycles. The summed E-state index contributed by atoms with van der Waals surface area (Å²) in [6.45, 7) is 7.93. The molecule has 6 nitrogen and oxygen atoms in total. The minimum absolute atomic E-state index is 0.0406. The third kappa shape index (κ3) is 7.51. The number of aryl methyl sites for hydroxylation is 1. The number of alkyl halides is 3. The summed E-state index contributed by atoms with van der Waals surface area (Å²) in [4.78, 5) is 29.5. The summed E-state index contributed by atoms with van der Waals surface area (Å²) < 4.78 is 53.0. The number of ketones is 1. The first kappa shape index (κ1) is 27.8. The molecule has 9 heteroatoms. The van der Waals surface area contributed by atoms with Crippen molar-refractivity contribution in [3.63, 3.8) is 0 Å². The average Bonchev–Trinajstić information content (AvgIpc) is 2.83. The highest BCUT2D eigenvalue weighted by Gasteiger charge is 2.61. The molecule has 1 N–H and O–H groups in total. The molecule has 1 heterocycles. The number of pyridine rings is 1. The van der Waals surface area contributed by atoms with Gasteiger partial charge in [0.15, 0.2) is 5.78 Å². The minimum atomic E-state index is -5.06. The van der Waals surface area contributed by atoms with Gasteiger partial charge in [-0.1, -0.05) is 48.6 Å². The number of nitrogens with one attached hydrogen (secondary N) is 1. The lowest BCUT2D eigenvalue weighted by Gasteiger charge is -2.33. The highest BCUT2D eigenvalue weighted by molar-refractivity contribution is 5.99. The fourth-order valence-corrected chi connectivity index (χ4v) is 3.13. The molecule has 1 atom stereocenters. The molecule has 2 aromatic rings. The van der Waals surface area contributed by atoms with Gasteiger partial charge in [-0.25, -0.2) is 4.98 Å². The van der Waals surface area contributed by atoms with Gasteiger partial charge in [0, 0.05) is 12.0 Å². The van der Waals surface area contributed by atoms with Crippen molar-refractivity contribution in [3.05, 3.63) is 84.6 Å². The number of benzene rings is 1. The van der Waals surface area contributed by atoms with E-state index in [1.807, 2.05) is 0 Å². The van der Waals surface area contributed by atoms with E-state index in [2.05, 4.69) is 23.5 Å². The maximum Gasteiger partial charge on any atom is 0.426 e. The zero-order valence-electron chi connectivity index (χ0n) is 19.6. The Bertz CT molecular complexity index is 1030. The third-order valence-electron chi connectivity index (χ3n) is 5.12. The molecule has 0 aliphatic rings. The van der Waals surface area contributed by atoms with E-state index in [1.165, 1.54) is 6.07 Å². The quantitative estimate of drug-likeness (QED) is 0.226. The maximum atomic E-state index is 14.1. The number of allylic oxidation sites excluding steroid dienone is 1. The SMILES string of the molecule is C=CCCCOc1nc(C(=O)CNC(=O)C(CC=C)(OCc2ccccc2)C(F)(F)F)ccc1C. The van der Waals surface area contributed by atoms with Gasteiger partial charge in [0.05, 0.1) is 19.8 Å². The van der Waals surface area contributed by atoms with Crippen LogP contribution < -0.4 is 10.1 Å². The maximum absolute atomic E-state index is 14.1. The Hall–Kier alpha value is -3.46. The van der Waals surface area contributed by atoms with E-state index in [0.29, 0.717) is 24.2 Å². The van der Waals surface area contributed by atoms with Gasteiger partial charge in [-0.05, 0) is 31.4 Å². The molecule has 2 rings (SSSR count). The van der Waals surface area contributed by atoms with Crippen LogP contribution in [0.4, 0.5) is 13.2 Å². The van der Waals surface area contributed by atoms with Crippen LogP contribution in [0.15, 0.2) is 67.8 Å². The first-order chi connectivity index (χ1) is 16.6. The highest BCUT2D eigenvalue weighted by Crippen LogP contribution is 2.38. The molecule has 0 bridgehead atoms. The standard InChI is InChI=1S/C26H29F3N2O4/c1-4-6-10-16-34-23-19(3)13-14-21(31-23)22(32)17-30-24(33)25(15-5-2,26(27,28)29)35-18-20-11-8-7-9-12-20/h4-5,7-9,11-14H,1-2,6,10,15-18H2,3H3,(H,30,33). The zero-order chi connectivity index (χ0) is 25.9. The lowest BCUT2D eigenvalue weighted by Crippen LogP contribution is -2.59. The molecule has 1 aromatic carbocycles. The number of aromatic nitrogens is 1. The minimum Gasteiger partial charge on any atom is -0.477 e. The smallest absolute Gasteiger partial charge is 0.426 e. The van der Waals surface area contributed by atoms with E-state index in [1.54, 1.807) is 49.4 Å². The number of halogens is 3. The van der Waals surface area contributed by atoms with Crippen LogP contribution in [0.5, 0.6) is 5.88 Å². The molecule has 0 radical (unpaired) electrons. The monoisotopic (exact) mass is 490 g/mol. The van der Waals surface area contributed by atoms with Crippen molar-refractivity contribution in [2.75, 3.05) is 13.2 Å². The second-order valence-corrected chi connectivity index (χ2v) is 7.80. The van der Waals surface area contributed by atoms with Crippen LogP contribution in [-0.4, -0.2) is 41.6 Å². The van der Waals surface area contributed by atoms with Crippen LogP contribution >= 0.6 is 0 Å². The van der Waals surface area contributed by atoms with Crippen molar-refractivity contribution in [2.24, 2.45) is 0 Å². The molecule has 35 heavy (non-hydrogen) atoms. The van der Waals surface area contributed by atoms with Gasteiger partial charge >= 0.3 is 6.18 Å². The van der Waals surface area contributed by atoms with E-state index < -0.39 is 43.0 Å². The number of unbranched alkanes of at least 4 members (excludes halogenated alkanes) is 1. The summed E-state index contributed by atoms with van der Waals surface area (Å²) in [5, 5.41) is 2.07. The van der Waals surface area contributed by atoms with Gasteiger partial charge in [-0.2, -0.15) is 13.2 Å². The van der Waals surface area contributed by atoms with Gasteiger partial charge in [0.1, 0.15) is 5.69 Å². The van der Waals surface area contributed by atoms with Gasteiger partial charge in [-0.3, -0.25) is 9.59 Å². The summed E-state index contributed by atoms with van der Waals surface area (Å²) in [6.07, 6.45) is -1.71. The zero-order valence-corrected chi connectivity index (χ0v) is 19.6. The molecule has 1 unspecified atom stereocenters. The van der Waals surface area contributed by atoms with E-state index in [-0.39, 0.29) is 11.6 Å². The van der Waals surface area contributed by atoms with Crippen LogP contribution in [0.2, 0.25) is 0 Å². The van der Waals surface area contributed by atoms with Crippen LogP contribution in [0.25, 0.3) is 0 Å². The number of nitrogens with zero attached hydrogens (tertiary/aromatic N) is 1. The largest absolute Gasteiger partial charge is 0.477 e. The predicted molar refractivity (Wildman–Crippen MR) is 126 cm³/mol. The molecule has 188 valence electrons. The second-order valence-electron chi connectivity index (χ2n) is 7.80. The topological polar surface area (TPSA) is 77.5 Å². The number of carbonyl (C=O) groups excluding carboxylic acids is 2. The lowest BCUT2D eigenvalue weighted by molar-refractivity contribution is -0.269. The van der Waals surface area contributed by atoms with Gasteiger partial charge in [0.25, 0.3) is 5.91 Å². The van der Waals surface area contributed by atoms with Crippen LogP contribution in [0, 0.1) is 6.92 Å². The molecular weight excluding hydrogens is 461 g/mol. The van der Waals surface area contributed by atoms with Gasteiger partial charge < -0.3 is 14.8 Å². The van der Waals surface area contributed by atoms with Gasteiger partial charge in [0.2, 0.25) is 11.5 Å². The second kappa shape index (κ2) is 12.9. The molecule has 0 saturated carbocycles. The Balaban J connectivity index is 2.14. The van der Waals surface area contributed by atoms with Gasteiger partial charge in [-0.15, -0.1) is 13.2 Å². The first-order valence-electron chi connectivity index (χ1n) is 11.0. The Kier molecular flexibility index (Phi) is 10.2. The fourth-order valence-electron chi connectivity index (χ4n) is 3.13. The summed E-state index contributed by atoms with van der Waals surface area (Å²) in [5.74, 6) is -1.91. The Labute approximate surface area is 202 Å². The van der Waals surface area contributed by atoms with E-state index in [0.717, 1.165) is 12.5 Å². The Morgan fingerprint density at radius 2 is 1.80 bits per heavy atom. The number of hydrogen-bond acceptors (Lipinski definition) is 5. The lowest BCUT2D eigenvalue weighted by atomic mass is 9.96. The normalized spacial score (nSPS) is 12.9. The van der Waals surface area contributed by atoms with E-state index in [9.17, 15) is 22.8 Å². The first-order valence-corrected chi connectivity index (χ1v) is 11.0. The van der Waals surface area contributed by atoms with Crippen LogP contribution in [-0.2, 0) is 16.1 Å². The third-order valence-corrected chi connectivity index (χ3v) is 5.12. The number of Topliss-reactive ketones (excluding diaryl/α,β-unsaturated/α-hetero) is 1. The van der Waals surface area contributed by atoms with Crippen LogP contribution in [0.3, 0.4) is 0 Å². The molecule has 1 amide bonds. The molecule has 0 saturated heterocycles. The summed E-state index contributed by atoms with van der Waals surface area (Å²) in [5.41, 5.74) is -2.09. The average molecular weight is 491 g/mol. The van der Waals surface area contributed by atoms with E-state index >= 15 is 0 Å². The Morgan fingerprint density at radius 1 is 1.09 bits per heavy atom. The molecular formula is C26H29F3N2O4. The van der Waals surface area contributed by atoms with Crippen molar-refractivity contribution in [1.29, 1.82) is 0 Å². The van der Waals surface area contributed by atoms with Crippen molar-refractivity contribution in [1.82, 2.24) is 10.3 Å². The molecule has 0 spiro atoms. The Morgan fingerprint density at radius 3 is 2.43 bits per heavy atom. The van der Waals surface area contributed by atoms with Crippen molar-refractivity contribution >= 4 is 11.7 Å². The number of ether oxygens (including phenoxy) is 2. The van der Waals surface area contributed by atoms with E-state index in [4.69, 9.17) is 9.47 Å². The summed E-state index contributed by atoms with van der Waals surface area (Å²) >= 11 is 0. The fraction of sp³-hybridized carbons (Fsp3) is 0.346. The molecule has 0 fully saturated rings. The number of carbonyl (C=O) groups is 2. The molecule has 1 aromatic heterocycles. The number of rotatable bonds is 14. The van der Waals surface area contributed by atoms with Crippen molar-refractivity contribution in [2.45, 2.75) is 44.6 Å². The van der Waals surface area contributed by atoms with Crippen molar-refractivity contribution in [3.8, 4) is 5.88 Å². The molecule has 0 aliphatic heterocycles. The number of hydrogen-bond donors (Lipinski definition) is 1. The summed E-state index contributed by atoms with van der Waals surface area (Å²) in [7, 11) is 0. The van der Waals surface area contributed by atoms with Crippen LogP contribution in [0.1, 0.15) is 40.9 Å². The highest BCUT2D eigenvalue weighted by atomic mass is 19.4. The predicted octanol–water partition coefficient (Wildman–Crippen LogP) is 5.13. The number of amides is 1.